The zero-order chi connectivity index (χ0) is 18.4. The van der Waals surface area contributed by atoms with Crippen LogP contribution in [0.5, 0.6) is 0 Å². The van der Waals surface area contributed by atoms with E-state index in [0.29, 0.717) is 11.3 Å². The molecule has 0 saturated carbocycles. The summed E-state index contributed by atoms with van der Waals surface area (Å²) in [5.41, 5.74) is 10.9. The normalized spacial score (nSPS) is 13.4. The molecule has 0 fully saturated rings. The lowest BCUT2D eigenvalue weighted by Crippen LogP contribution is -2.26. The fraction of sp³-hybridized carbons (Fsp3) is 0.238. The minimum Gasteiger partial charge on any atom is -0.370 e. The molecule has 1 aliphatic carbocycles. The van der Waals surface area contributed by atoms with Crippen LogP contribution in [0.15, 0.2) is 47.5 Å². The molecule has 0 spiro atoms. The Morgan fingerprint density at radius 2 is 1.96 bits per heavy atom. The summed E-state index contributed by atoms with van der Waals surface area (Å²) in [6.45, 7) is -0.0614. The van der Waals surface area contributed by atoms with Gasteiger partial charge in [-0.2, -0.15) is 0 Å². The Morgan fingerprint density at radius 3 is 2.81 bits per heavy atom. The number of amides is 1. The van der Waals surface area contributed by atoms with Crippen molar-refractivity contribution in [1.29, 1.82) is 0 Å². The molecule has 0 unspecified atom stereocenters. The number of carbonyl (C=O) groups excluding carboxylic acids is 1. The molecule has 4 N–H and O–H groups in total. The Kier molecular flexibility index (Phi) is 5.55. The number of hydrogen-bond donors (Lipinski definition) is 3. The fourth-order valence-electron chi connectivity index (χ4n) is 3.12. The summed E-state index contributed by atoms with van der Waals surface area (Å²) < 4.78 is 0. The van der Waals surface area contributed by atoms with Crippen molar-refractivity contribution in [3.63, 3.8) is 0 Å². The molecular formula is C21H22N4O. The highest BCUT2D eigenvalue weighted by atomic mass is 16.1. The van der Waals surface area contributed by atoms with Crippen LogP contribution in [0.1, 0.15) is 29.5 Å². The standard InChI is InChI=1S/C21H22N4O/c1-2-15-7-5-10-17(13-15)24-20(26)14-23-21(22)25-19-12-6-9-16-8-3-4-11-18(16)19/h1,5-7,9-10,12-13H,3-4,8,11,14H2,(H,24,26)(H3,22,23,25). The first-order valence-electron chi connectivity index (χ1n) is 8.70. The molecule has 1 amide bonds. The molecule has 5 heteroatoms. The van der Waals surface area contributed by atoms with Gasteiger partial charge in [-0.15, -0.1) is 6.42 Å². The molecule has 1 aliphatic rings. The van der Waals surface area contributed by atoms with E-state index in [0.717, 1.165) is 18.5 Å². The van der Waals surface area contributed by atoms with Crippen LogP contribution < -0.4 is 16.4 Å². The third-order valence-corrected chi connectivity index (χ3v) is 4.36. The number of aryl methyl sites for hydroxylation is 1. The molecule has 0 aromatic heterocycles. The van der Waals surface area contributed by atoms with Gasteiger partial charge in [0, 0.05) is 16.9 Å². The van der Waals surface area contributed by atoms with E-state index in [-0.39, 0.29) is 18.4 Å². The van der Waals surface area contributed by atoms with Crippen LogP contribution >= 0.6 is 0 Å². The molecule has 0 heterocycles. The Hall–Kier alpha value is -3.26. The van der Waals surface area contributed by atoms with Gasteiger partial charge in [-0.05, 0) is 61.1 Å². The SMILES string of the molecule is C#Cc1cccc(NC(=O)CN=C(N)Nc2cccc3c2CCCC3)c1. The van der Waals surface area contributed by atoms with Crippen LogP contribution in [-0.2, 0) is 17.6 Å². The Balaban J connectivity index is 1.60. The number of carbonyl (C=O) groups is 1. The van der Waals surface area contributed by atoms with Gasteiger partial charge >= 0.3 is 0 Å². The average Bonchev–Trinajstić information content (AvgIpc) is 2.67. The predicted molar refractivity (Wildman–Crippen MR) is 106 cm³/mol. The smallest absolute Gasteiger partial charge is 0.246 e. The first-order chi connectivity index (χ1) is 12.7. The molecular weight excluding hydrogens is 324 g/mol. The molecule has 2 aromatic carbocycles. The highest BCUT2D eigenvalue weighted by Gasteiger charge is 2.13. The number of nitrogens with one attached hydrogen (secondary N) is 2. The largest absolute Gasteiger partial charge is 0.370 e. The van der Waals surface area contributed by atoms with Crippen LogP contribution in [0.3, 0.4) is 0 Å². The van der Waals surface area contributed by atoms with Crippen LogP contribution in [0.25, 0.3) is 0 Å². The number of anilines is 2. The number of nitrogens with two attached hydrogens (primary N) is 1. The molecule has 0 aliphatic heterocycles. The van der Waals surface area contributed by atoms with E-state index in [1.807, 2.05) is 12.1 Å². The van der Waals surface area contributed by atoms with Crippen molar-refractivity contribution in [2.45, 2.75) is 25.7 Å². The van der Waals surface area contributed by atoms with Gasteiger partial charge in [-0.1, -0.05) is 24.1 Å². The van der Waals surface area contributed by atoms with Crippen molar-refractivity contribution in [1.82, 2.24) is 0 Å². The molecule has 3 rings (SSSR count). The second-order valence-corrected chi connectivity index (χ2v) is 6.25. The monoisotopic (exact) mass is 346 g/mol. The van der Waals surface area contributed by atoms with Gasteiger partial charge in [0.2, 0.25) is 5.91 Å². The number of nitrogens with zero attached hydrogens (tertiary/aromatic N) is 1. The lowest BCUT2D eigenvalue weighted by molar-refractivity contribution is -0.114. The summed E-state index contributed by atoms with van der Waals surface area (Å²) in [6.07, 6.45) is 9.90. The van der Waals surface area contributed by atoms with Gasteiger partial charge in [0.15, 0.2) is 5.96 Å². The molecule has 0 bridgehead atoms. The molecule has 132 valence electrons. The minimum atomic E-state index is -0.251. The van der Waals surface area contributed by atoms with Crippen LogP contribution in [0.4, 0.5) is 11.4 Å². The number of hydrogen-bond acceptors (Lipinski definition) is 2. The maximum Gasteiger partial charge on any atom is 0.246 e. The number of guanidine groups is 1. The number of fused-ring (bicyclic) bond motifs is 1. The van der Waals surface area contributed by atoms with Gasteiger partial charge in [0.25, 0.3) is 0 Å². The summed E-state index contributed by atoms with van der Waals surface area (Å²) in [5, 5.41) is 5.89. The maximum absolute atomic E-state index is 12.0. The highest BCUT2D eigenvalue weighted by molar-refractivity contribution is 5.97. The minimum absolute atomic E-state index is 0.0614. The highest BCUT2D eigenvalue weighted by Crippen LogP contribution is 2.27. The average molecular weight is 346 g/mol. The van der Waals surface area contributed by atoms with Crippen molar-refractivity contribution in [3.05, 3.63) is 59.2 Å². The van der Waals surface area contributed by atoms with Gasteiger partial charge in [-0.25, -0.2) is 4.99 Å². The van der Waals surface area contributed by atoms with Gasteiger partial charge in [0.1, 0.15) is 6.54 Å². The summed E-state index contributed by atoms with van der Waals surface area (Å²) >= 11 is 0. The Bertz CT molecular complexity index is 880. The first kappa shape index (κ1) is 17.6. The van der Waals surface area contributed by atoms with E-state index in [4.69, 9.17) is 12.2 Å². The van der Waals surface area contributed by atoms with E-state index in [1.54, 1.807) is 24.3 Å². The summed E-state index contributed by atoms with van der Waals surface area (Å²) in [7, 11) is 0. The Labute approximate surface area is 153 Å². The Morgan fingerprint density at radius 1 is 1.15 bits per heavy atom. The zero-order valence-electron chi connectivity index (χ0n) is 14.6. The van der Waals surface area contributed by atoms with Crippen LogP contribution in [-0.4, -0.2) is 18.4 Å². The topological polar surface area (TPSA) is 79.5 Å². The third kappa shape index (κ3) is 4.42. The zero-order valence-corrected chi connectivity index (χ0v) is 14.6. The van der Waals surface area contributed by atoms with E-state index in [9.17, 15) is 4.79 Å². The third-order valence-electron chi connectivity index (χ3n) is 4.36. The second-order valence-electron chi connectivity index (χ2n) is 6.25. The van der Waals surface area contributed by atoms with Gasteiger partial charge in [0.05, 0.1) is 0 Å². The van der Waals surface area contributed by atoms with Crippen molar-refractivity contribution < 1.29 is 4.79 Å². The van der Waals surface area contributed by atoms with Crippen LogP contribution in [0.2, 0.25) is 0 Å². The number of aliphatic imine (C=N–C) groups is 1. The van der Waals surface area contributed by atoms with E-state index >= 15 is 0 Å². The van der Waals surface area contributed by atoms with Gasteiger partial charge < -0.3 is 16.4 Å². The van der Waals surface area contributed by atoms with Crippen LogP contribution in [0, 0.1) is 12.3 Å². The number of benzene rings is 2. The molecule has 0 saturated heterocycles. The lowest BCUT2D eigenvalue weighted by Gasteiger charge is -2.19. The molecule has 2 aromatic rings. The fourth-order valence-corrected chi connectivity index (χ4v) is 3.12. The summed E-state index contributed by atoms with van der Waals surface area (Å²) in [4.78, 5) is 16.2. The van der Waals surface area contributed by atoms with E-state index < -0.39 is 0 Å². The number of terminal acetylenes is 1. The quantitative estimate of drug-likeness (QED) is 0.452. The van der Waals surface area contributed by atoms with E-state index in [2.05, 4.69) is 27.6 Å². The summed E-state index contributed by atoms with van der Waals surface area (Å²) in [5.74, 6) is 2.52. The molecule has 5 nitrogen and oxygen atoms in total. The van der Waals surface area contributed by atoms with Crippen molar-refractivity contribution in [2.24, 2.45) is 10.7 Å². The predicted octanol–water partition coefficient (Wildman–Crippen LogP) is 2.91. The summed E-state index contributed by atoms with van der Waals surface area (Å²) in [6, 6.07) is 13.3. The maximum atomic E-state index is 12.0. The first-order valence-corrected chi connectivity index (χ1v) is 8.70. The molecule has 0 atom stereocenters. The second kappa shape index (κ2) is 8.21. The molecule has 26 heavy (non-hydrogen) atoms. The van der Waals surface area contributed by atoms with Gasteiger partial charge in [-0.3, -0.25) is 4.79 Å². The van der Waals surface area contributed by atoms with E-state index in [1.165, 1.54) is 24.0 Å². The lowest BCUT2D eigenvalue weighted by atomic mass is 9.90. The molecule has 0 radical (unpaired) electrons. The van der Waals surface area contributed by atoms with Crippen molar-refractivity contribution in [3.8, 4) is 12.3 Å². The van der Waals surface area contributed by atoms with Crippen molar-refractivity contribution >= 4 is 23.2 Å². The van der Waals surface area contributed by atoms with Crippen molar-refractivity contribution in [2.75, 3.05) is 17.2 Å². The number of rotatable bonds is 4.